The van der Waals surface area contributed by atoms with Gasteiger partial charge in [0.05, 0.1) is 13.2 Å². The first-order chi connectivity index (χ1) is 7.65. The second-order valence-corrected chi connectivity index (χ2v) is 5.33. The Balaban J connectivity index is 2.12. The molecule has 2 atom stereocenters. The van der Waals surface area contributed by atoms with Gasteiger partial charge in [-0.2, -0.15) is 0 Å². The summed E-state index contributed by atoms with van der Waals surface area (Å²) >= 11 is 0. The quantitative estimate of drug-likeness (QED) is 0.707. The van der Waals surface area contributed by atoms with Gasteiger partial charge in [0.25, 0.3) is 0 Å². The van der Waals surface area contributed by atoms with E-state index in [0.29, 0.717) is 24.3 Å². The molecule has 1 N–H and O–H groups in total. The number of carbonyl (C=O) groups excluding carboxylic acids is 1. The van der Waals surface area contributed by atoms with Crippen LogP contribution in [0.1, 0.15) is 20.3 Å². The van der Waals surface area contributed by atoms with E-state index in [0.717, 1.165) is 32.8 Å². The molecule has 2 bridgehead atoms. The Morgan fingerprint density at radius 3 is 2.75 bits per heavy atom. The van der Waals surface area contributed by atoms with E-state index in [-0.39, 0.29) is 5.91 Å². The number of hydrogen-bond donors (Lipinski definition) is 1. The maximum absolute atomic E-state index is 11.6. The molecule has 3 heterocycles. The van der Waals surface area contributed by atoms with E-state index in [1.54, 1.807) is 0 Å². The highest BCUT2D eigenvalue weighted by Crippen LogP contribution is 2.17. The smallest absolute Gasteiger partial charge is 0.220 e. The zero-order chi connectivity index (χ0) is 11.5. The fraction of sp³-hybridized carbons (Fsp3) is 0.917. The molecule has 92 valence electrons. The average Bonchev–Trinajstić information content (AvgIpc) is 2.30. The number of hydrogen-bond acceptors (Lipinski definition) is 3. The predicted molar refractivity (Wildman–Crippen MR) is 62.1 cm³/mol. The van der Waals surface area contributed by atoms with Gasteiger partial charge in [-0.25, -0.2) is 0 Å². The van der Waals surface area contributed by atoms with Crippen LogP contribution in [0.5, 0.6) is 0 Å². The number of rotatable bonds is 1. The molecule has 16 heavy (non-hydrogen) atoms. The summed E-state index contributed by atoms with van der Waals surface area (Å²) in [5, 5.41) is 3.01. The van der Waals surface area contributed by atoms with Crippen LogP contribution >= 0.6 is 0 Å². The normalized spacial score (nSPS) is 32.8. The summed E-state index contributed by atoms with van der Waals surface area (Å²) < 4.78 is 5.68. The number of ether oxygens (including phenoxy) is 1. The van der Waals surface area contributed by atoms with Gasteiger partial charge < -0.3 is 15.0 Å². The molecule has 0 aromatic carbocycles. The van der Waals surface area contributed by atoms with Crippen molar-refractivity contribution in [3.05, 3.63) is 0 Å². The Morgan fingerprint density at radius 2 is 2.00 bits per heavy atom. The van der Waals surface area contributed by atoms with Gasteiger partial charge >= 0.3 is 0 Å². The van der Waals surface area contributed by atoms with Crippen molar-refractivity contribution in [1.29, 1.82) is 0 Å². The molecule has 0 radical (unpaired) electrons. The van der Waals surface area contributed by atoms with Gasteiger partial charge in [0.15, 0.2) is 0 Å². The minimum absolute atomic E-state index is 0.186. The summed E-state index contributed by atoms with van der Waals surface area (Å²) in [7, 11) is 0. The molecule has 0 aromatic heterocycles. The van der Waals surface area contributed by atoms with Crippen LogP contribution in [0.15, 0.2) is 0 Å². The van der Waals surface area contributed by atoms with Crippen molar-refractivity contribution >= 4 is 5.91 Å². The lowest BCUT2D eigenvalue weighted by atomic mass is 10.0. The molecule has 0 aromatic rings. The molecule has 0 saturated carbocycles. The standard InChI is InChI=1S/C12H22N2O2/c1-9(2)14-5-10-3-12(15)13-4-11(6-14)8-16-7-10/h9-11H,3-8H2,1-2H3,(H,13,15). The Labute approximate surface area is 97.3 Å². The molecule has 3 aliphatic heterocycles. The molecule has 3 rings (SSSR count). The van der Waals surface area contributed by atoms with Crippen LogP contribution in [-0.2, 0) is 9.53 Å². The van der Waals surface area contributed by atoms with Crippen LogP contribution in [0.4, 0.5) is 0 Å². The summed E-state index contributed by atoms with van der Waals surface area (Å²) in [5.41, 5.74) is 0. The van der Waals surface area contributed by atoms with Gasteiger partial charge in [0.1, 0.15) is 0 Å². The second kappa shape index (κ2) is 5.15. The van der Waals surface area contributed by atoms with E-state index in [1.807, 2.05) is 0 Å². The van der Waals surface area contributed by atoms with Crippen LogP contribution in [0.3, 0.4) is 0 Å². The molecule has 1 amide bonds. The van der Waals surface area contributed by atoms with Crippen LogP contribution in [-0.4, -0.2) is 49.7 Å². The second-order valence-electron chi connectivity index (χ2n) is 5.33. The topological polar surface area (TPSA) is 41.6 Å². The molecule has 2 unspecified atom stereocenters. The maximum Gasteiger partial charge on any atom is 0.220 e. The zero-order valence-corrected chi connectivity index (χ0v) is 10.2. The van der Waals surface area contributed by atoms with E-state index in [4.69, 9.17) is 4.74 Å². The third-order valence-corrected chi connectivity index (χ3v) is 3.48. The summed E-state index contributed by atoms with van der Waals surface area (Å²) in [4.78, 5) is 14.1. The fourth-order valence-corrected chi connectivity index (χ4v) is 2.51. The third kappa shape index (κ3) is 2.95. The number of nitrogens with zero attached hydrogens (tertiary/aromatic N) is 1. The van der Waals surface area contributed by atoms with Crippen LogP contribution < -0.4 is 5.32 Å². The monoisotopic (exact) mass is 226 g/mol. The number of fused-ring (bicyclic) bond motifs is 7. The predicted octanol–water partition coefficient (Wildman–Crippen LogP) is 0.479. The summed E-state index contributed by atoms with van der Waals surface area (Å²) in [6.07, 6.45) is 0.607. The van der Waals surface area contributed by atoms with E-state index in [1.165, 1.54) is 0 Å². The zero-order valence-electron chi connectivity index (χ0n) is 10.2. The number of nitrogens with one attached hydrogen (secondary N) is 1. The molecule has 3 aliphatic rings. The summed E-state index contributed by atoms with van der Waals surface area (Å²) in [6, 6.07) is 0.552. The Bertz CT molecular complexity index is 255. The number of carbonyl (C=O) groups is 1. The van der Waals surface area contributed by atoms with E-state index in [2.05, 4.69) is 24.1 Å². The molecule has 0 spiro atoms. The van der Waals surface area contributed by atoms with Crippen molar-refractivity contribution in [2.24, 2.45) is 11.8 Å². The first-order valence-corrected chi connectivity index (χ1v) is 6.23. The van der Waals surface area contributed by atoms with Crippen molar-refractivity contribution in [3.63, 3.8) is 0 Å². The third-order valence-electron chi connectivity index (χ3n) is 3.48. The minimum atomic E-state index is 0.186. The molecule has 4 nitrogen and oxygen atoms in total. The van der Waals surface area contributed by atoms with Gasteiger partial charge in [-0.3, -0.25) is 4.79 Å². The van der Waals surface area contributed by atoms with Gasteiger partial charge in [-0.05, 0) is 13.8 Å². The molecular weight excluding hydrogens is 204 g/mol. The van der Waals surface area contributed by atoms with Gasteiger partial charge in [0, 0.05) is 43.9 Å². The van der Waals surface area contributed by atoms with E-state index >= 15 is 0 Å². The average molecular weight is 226 g/mol. The molecule has 4 heteroatoms. The lowest BCUT2D eigenvalue weighted by molar-refractivity contribution is -0.122. The van der Waals surface area contributed by atoms with Gasteiger partial charge in [-0.15, -0.1) is 0 Å². The van der Waals surface area contributed by atoms with Gasteiger partial charge in [-0.1, -0.05) is 0 Å². The fourth-order valence-electron chi connectivity index (χ4n) is 2.51. The molecular formula is C12H22N2O2. The van der Waals surface area contributed by atoms with Crippen molar-refractivity contribution in [3.8, 4) is 0 Å². The van der Waals surface area contributed by atoms with Crippen molar-refractivity contribution < 1.29 is 9.53 Å². The van der Waals surface area contributed by atoms with Crippen molar-refractivity contribution in [1.82, 2.24) is 10.2 Å². The highest BCUT2D eigenvalue weighted by molar-refractivity contribution is 5.76. The summed E-state index contributed by atoms with van der Waals surface area (Å²) in [5.74, 6) is 0.970. The SMILES string of the molecule is CC(C)N1CC2CNC(=O)CC(COC2)C1. The first kappa shape index (κ1) is 11.9. The van der Waals surface area contributed by atoms with Gasteiger partial charge in [0.2, 0.25) is 5.91 Å². The number of amides is 1. The Hall–Kier alpha value is -0.610. The molecule has 3 fully saturated rings. The van der Waals surface area contributed by atoms with E-state index < -0.39 is 0 Å². The van der Waals surface area contributed by atoms with Crippen molar-refractivity contribution in [2.75, 3.05) is 32.8 Å². The first-order valence-electron chi connectivity index (χ1n) is 6.23. The highest BCUT2D eigenvalue weighted by Gasteiger charge is 2.28. The molecule has 0 aliphatic carbocycles. The van der Waals surface area contributed by atoms with E-state index in [9.17, 15) is 4.79 Å². The van der Waals surface area contributed by atoms with Crippen LogP contribution in [0, 0.1) is 11.8 Å². The highest BCUT2D eigenvalue weighted by atomic mass is 16.5. The van der Waals surface area contributed by atoms with Crippen molar-refractivity contribution in [2.45, 2.75) is 26.3 Å². The summed E-state index contributed by atoms with van der Waals surface area (Å²) in [6.45, 7) is 8.74. The van der Waals surface area contributed by atoms with Crippen LogP contribution in [0.2, 0.25) is 0 Å². The minimum Gasteiger partial charge on any atom is -0.381 e. The largest absolute Gasteiger partial charge is 0.381 e. The Kier molecular flexibility index (Phi) is 3.82. The molecule has 3 saturated heterocycles. The lowest BCUT2D eigenvalue weighted by Gasteiger charge is -2.34. The lowest BCUT2D eigenvalue weighted by Crippen LogP contribution is -2.43. The van der Waals surface area contributed by atoms with Crippen LogP contribution in [0.25, 0.3) is 0 Å². The maximum atomic E-state index is 11.6. The Morgan fingerprint density at radius 1 is 1.31 bits per heavy atom.